The molecule has 0 fully saturated rings. The summed E-state index contributed by atoms with van der Waals surface area (Å²) in [4.78, 5) is 11.4. The first kappa shape index (κ1) is 11.4. The highest BCUT2D eigenvalue weighted by Crippen LogP contribution is 1.99. The van der Waals surface area contributed by atoms with Crippen LogP contribution in [0.15, 0.2) is 0 Å². The van der Waals surface area contributed by atoms with Gasteiger partial charge in [-0.25, -0.2) is 4.68 Å². The van der Waals surface area contributed by atoms with Crippen LogP contribution in [0.5, 0.6) is 0 Å². The van der Waals surface area contributed by atoms with Gasteiger partial charge in [-0.3, -0.25) is 4.79 Å². The first-order chi connectivity index (χ1) is 6.88. The van der Waals surface area contributed by atoms with E-state index in [-0.39, 0.29) is 18.0 Å². The van der Waals surface area contributed by atoms with Crippen molar-refractivity contribution in [2.24, 2.45) is 7.05 Å². The van der Waals surface area contributed by atoms with Crippen molar-refractivity contribution in [2.75, 3.05) is 11.9 Å². The second kappa shape index (κ2) is 4.24. The fourth-order valence-electron chi connectivity index (χ4n) is 1.00. The third-order valence-corrected chi connectivity index (χ3v) is 1.54. The van der Waals surface area contributed by atoms with E-state index < -0.39 is 0 Å². The summed E-state index contributed by atoms with van der Waals surface area (Å²) in [5.41, 5.74) is -0.225. The summed E-state index contributed by atoms with van der Waals surface area (Å²) in [6, 6.07) is 0. The van der Waals surface area contributed by atoms with Crippen LogP contribution in [-0.4, -0.2) is 38.2 Å². The third-order valence-electron chi connectivity index (χ3n) is 1.54. The number of carbonyl (C=O) groups is 1. The molecule has 2 N–H and O–H groups in total. The van der Waals surface area contributed by atoms with E-state index in [0.29, 0.717) is 5.95 Å². The van der Waals surface area contributed by atoms with Gasteiger partial charge < -0.3 is 10.6 Å². The van der Waals surface area contributed by atoms with Crippen LogP contribution in [0.1, 0.15) is 20.8 Å². The molecule has 0 unspecified atom stereocenters. The van der Waals surface area contributed by atoms with E-state index in [9.17, 15) is 4.79 Å². The Bertz CT molecular complexity index is 339. The number of hydrogen-bond donors (Lipinski definition) is 2. The highest BCUT2D eigenvalue weighted by atomic mass is 16.2. The van der Waals surface area contributed by atoms with Gasteiger partial charge >= 0.3 is 0 Å². The zero-order chi connectivity index (χ0) is 11.5. The molecule has 0 aliphatic carbocycles. The maximum absolute atomic E-state index is 11.4. The van der Waals surface area contributed by atoms with E-state index in [1.54, 1.807) is 7.05 Å². The number of nitrogens with zero attached hydrogens (tertiary/aromatic N) is 4. The molecule has 15 heavy (non-hydrogen) atoms. The lowest BCUT2D eigenvalue weighted by molar-refractivity contribution is -0.120. The molecule has 1 rings (SSSR count). The molecule has 0 atom stereocenters. The van der Waals surface area contributed by atoms with Crippen LogP contribution in [0.2, 0.25) is 0 Å². The van der Waals surface area contributed by atoms with Crippen LogP contribution in [0.3, 0.4) is 0 Å². The summed E-state index contributed by atoms with van der Waals surface area (Å²) in [5.74, 6) is 0.379. The Morgan fingerprint density at radius 1 is 1.47 bits per heavy atom. The Labute approximate surface area is 88.2 Å². The molecule has 0 saturated heterocycles. The number of hydrogen-bond acceptors (Lipinski definition) is 5. The average Bonchev–Trinajstić information content (AvgIpc) is 2.44. The number of tetrazole rings is 1. The first-order valence-electron chi connectivity index (χ1n) is 4.66. The van der Waals surface area contributed by atoms with Crippen molar-refractivity contribution in [3.8, 4) is 0 Å². The standard InChI is InChI=1S/C8H16N6O/c1-8(2,3)10-6(15)5-9-7-11-12-13-14(7)4/h5H2,1-4H3,(H,10,15)(H,9,11,13). The summed E-state index contributed by atoms with van der Waals surface area (Å²) >= 11 is 0. The van der Waals surface area contributed by atoms with Crippen molar-refractivity contribution in [1.82, 2.24) is 25.5 Å². The minimum atomic E-state index is -0.225. The summed E-state index contributed by atoms with van der Waals surface area (Å²) in [6.45, 7) is 5.93. The van der Waals surface area contributed by atoms with E-state index in [4.69, 9.17) is 0 Å². The van der Waals surface area contributed by atoms with Gasteiger partial charge in [0.15, 0.2) is 0 Å². The molecule has 1 heterocycles. The summed E-state index contributed by atoms with van der Waals surface area (Å²) in [7, 11) is 1.70. The van der Waals surface area contributed by atoms with Crippen molar-refractivity contribution in [3.63, 3.8) is 0 Å². The Hall–Kier alpha value is -1.66. The van der Waals surface area contributed by atoms with Crippen molar-refractivity contribution in [2.45, 2.75) is 26.3 Å². The molecule has 1 aromatic heterocycles. The molecule has 0 spiro atoms. The number of amides is 1. The molecular weight excluding hydrogens is 196 g/mol. The molecular formula is C8H16N6O. The Morgan fingerprint density at radius 3 is 2.60 bits per heavy atom. The second-order valence-corrected chi connectivity index (χ2v) is 4.28. The number of anilines is 1. The Balaban J connectivity index is 2.38. The van der Waals surface area contributed by atoms with Gasteiger partial charge in [0.05, 0.1) is 6.54 Å². The molecule has 7 heteroatoms. The SMILES string of the molecule is Cn1nnnc1NCC(=O)NC(C)(C)C. The molecule has 0 radical (unpaired) electrons. The smallest absolute Gasteiger partial charge is 0.243 e. The highest BCUT2D eigenvalue weighted by molar-refractivity contribution is 5.80. The minimum absolute atomic E-state index is 0.0921. The van der Waals surface area contributed by atoms with Crippen LogP contribution in [0, 0.1) is 0 Å². The highest BCUT2D eigenvalue weighted by Gasteiger charge is 2.13. The van der Waals surface area contributed by atoms with E-state index in [0.717, 1.165) is 0 Å². The fourth-order valence-corrected chi connectivity index (χ4v) is 1.00. The molecule has 0 aromatic carbocycles. The molecule has 84 valence electrons. The molecule has 0 saturated carbocycles. The van der Waals surface area contributed by atoms with Gasteiger partial charge in [0.2, 0.25) is 11.9 Å². The summed E-state index contributed by atoms with van der Waals surface area (Å²) in [6.07, 6.45) is 0. The van der Waals surface area contributed by atoms with E-state index in [2.05, 4.69) is 26.2 Å². The molecule has 0 bridgehead atoms. The van der Waals surface area contributed by atoms with Gasteiger partial charge in [-0.15, -0.1) is 0 Å². The number of aromatic nitrogens is 4. The number of rotatable bonds is 3. The van der Waals surface area contributed by atoms with E-state index >= 15 is 0 Å². The first-order valence-corrected chi connectivity index (χ1v) is 4.66. The van der Waals surface area contributed by atoms with Crippen LogP contribution in [0.4, 0.5) is 5.95 Å². The normalized spacial score (nSPS) is 11.2. The third kappa shape index (κ3) is 3.92. The zero-order valence-corrected chi connectivity index (χ0v) is 9.40. The zero-order valence-electron chi connectivity index (χ0n) is 9.40. The van der Waals surface area contributed by atoms with Crippen LogP contribution < -0.4 is 10.6 Å². The predicted octanol–water partition coefficient (Wildman–Crippen LogP) is -0.463. The van der Waals surface area contributed by atoms with Crippen molar-refractivity contribution in [3.05, 3.63) is 0 Å². The van der Waals surface area contributed by atoms with Crippen LogP contribution in [0.25, 0.3) is 0 Å². The summed E-state index contributed by atoms with van der Waals surface area (Å²) in [5, 5.41) is 16.4. The van der Waals surface area contributed by atoms with Gasteiger partial charge in [-0.2, -0.15) is 0 Å². The van der Waals surface area contributed by atoms with E-state index in [1.165, 1.54) is 4.68 Å². The molecule has 1 aromatic rings. The average molecular weight is 212 g/mol. The lowest BCUT2D eigenvalue weighted by atomic mass is 10.1. The second-order valence-electron chi connectivity index (χ2n) is 4.28. The monoisotopic (exact) mass is 212 g/mol. The number of nitrogens with one attached hydrogen (secondary N) is 2. The van der Waals surface area contributed by atoms with Crippen LogP contribution >= 0.6 is 0 Å². The number of aryl methyl sites for hydroxylation is 1. The molecule has 0 aliphatic rings. The van der Waals surface area contributed by atoms with Crippen LogP contribution in [-0.2, 0) is 11.8 Å². The Kier molecular flexibility index (Phi) is 3.23. The predicted molar refractivity (Wildman–Crippen MR) is 55.2 cm³/mol. The summed E-state index contributed by atoms with van der Waals surface area (Å²) < 4.78 is 1.46. The maximum atomic E-state index is 11.4. The van der Waals surface area contributed by atoms with Crippen molar-refractivity contribution < 1.29 is 4.79 Å². The van der Waals surface area contributed by atoms with Crippen molar-refractivity contribution in [1.29, 1.82) is 0 Å². The fraction of sp³-hybridized carbons (Fsp3) is 0.750. The quantitative estimate of drug-likeness (QED) is 0.708. The number of carbonyl (C=O) groups excluding carboxylic acids is 1. The van der Waals surface area contributed by atoms with Crippen molar-refractivity contribution >= 4 is 11.9 Å². The molecule has 0 aliphatic heterocycles. The largest absolute Gasteiger partial charge is 0.350 e. The van der Waals surface area contributed by atoms with Gasteiger partial charge in [0.1, 0.15) is 0 Å². The topological polar surface area (TPSA) is 84.7 Å². The van der Waals surface area contributed by atoms with Gasteiger partial charge in [0, 0.05) is 12.6 Å². The maximum Gasteiger partial charge on any atom is 0.243 e. The molecule has 1 amide bonds. The van der Waals surface area contributed by atoms with E-state index in [1.807, 2.05) is 20.8 Å². The lowest BCUT2D eigenvalue weighted by Crippen LogP contribution is -2.43. The minimum Gasteiger partial charge on any atom is -0.350 e. The van der Waals surface area contributed by atoms with Gasteiger partial charge in [-0.1, -0.05) is 5.10 Å². The lowest BCUT2D eigenvalue weighted by Gasteiger charge is -2.20. The van der Waals surface area contributed by atoms with Gasteiger partial charge in [-0.05, 0) is 31.2 Å². The Morgan fingerprint density at radius 2 is 2.13 bits per heavy atom. The van der Waals surface area contributed by atoms with Gasteiger partial charge in [0.25, 0.3) is 0 Å². The molecule has 7 nitrogen and oxygen atoms in total.